The first-order valence-corrected chi connectivity index (χ1v) is 8.20. The molecule has 114 valence electrons. The van der Waals surface area contributed by atoms with E-state index in [1.165, 1.54) is 6.42 Å². The minimum absolute atomic E-state index is 0.0353. The monoisotopic (exact) mass is 312 g/mol. The predicted molar refractivity (Wildman–Crippen MR) is 93.8 cm³/mol. The molecule has 1 fully saturated rings. The highest BCUT2D eigenvalue weighted by molar-refractivity contribution is 7.80. The third kappa shape index (κ3) is 3.45. The summed E-state index contributed by atoms with van der Waals surface area (Å²) in [5.41, 5.74) is 1.04. The lowest BCUT2D eigenvalue weighted by atomic mass is 10.0. The van der Waals surface area contributed by atoms with E-state index in [0.717, 1.165) is 42.3 Å². The Labute approximate surface area is 136 Å². The van der Waals surface area contributed by atoms with Crippen molar-refractivity contribution < 1.29 is 4.79 Å². The van der Waals surface area contributed by atoms with Crippen molar-refractivity contribution in [3.8, 4) is 0 Å². The van der Waals surface area contributed by atoms with Crippen LogP contribution >= 0.6 is 12.2 Å². The molecule has 0 saturated carbocycles. The zero-order valence-corrected chi connectivity index (χ0v) is 13.4. The lowest BCUT2D eigenvalue weighted by Gasteiger charge is -2.28. The van der Waals surface area contributed by atoms with E-state index in [2.05, 4.69) is 28.4 Å². The van der Waals surface area contributed by atoms with Gasteiger partial charge in [-0.25, -0.2) is 0 Å². The van der Waals surface area contributed by atoms with E-state index in [-0.39, 0.29) is 5.91 Å². The van der Waals surface area contributed by atoms with E-state index in [9.17, 15) is 4.79 Å². The number of hydrogen-bond acceptors (Lipinski definition) is 2. The molecule has 0 aliphatic carbocycles. The number of nitrogens with one attached hydrogen (secondary N) is 1. The van der Waals surface area contributed by atoms with Crippen molar-refractivity contribution in [3.05, 3.63) is 48.0 Å². The molecular formula is C18H20N2OS. The van der Waals surface area contributed by atoms with Crippen LogP contribution in [0, 0.1) is 0 Å². The zero-order valence-electron chi connectivity index (χ0n) is 12.5. The fraction of sp³-hybridized carbons (Fsp3) is 0.333. The van der Waals surface area contributed by atoms with Crippen molar-refractivity contribution in [2.75, 3.05) is 13.1 Å². The lowest BCUT2D eigenvalue weighted by molar-refractivity contribution is -0.119. The summed E-state index contributed by atoms with van der Waals surface area (Å²) in [6.45, 7) is 1.90. The number of nitrogens with zero attached hydrogens (tertiary/aromatic N) is 1. The normalized spacial score (nSPS) is 14.8. The third-order valence-corrected chi connectivity index (χ3v) is 4.48. The highest BCUT2D eigenvalue weighted by atomic mass is 32.1. The van der Waals surface area contributed by atoms with Gasteiger partial charge >= 0.3 is 0 Å². The van der Waals surface area contributed by atoms with E-state index >= 15 is 0 Å². The zero-order chi connectivity index (χ0) is 15.4. The van der Waals surface area contributed by atoms with Crippen LogP contribution in [0.2, 0.25) is 0 Å². The molecule has 1 N–H and O–H groups in total. The molecule has 1 amide bonds. The van der Waals surface area contributed by atoms with Crippen molar-refractivity contribution in [3.63, 3.8) is 0 Å². The van der Waals surface area contributed by atoms with Gasteiger partial charge in [-0.2, -0.15) is 0 Å². The second-order valence-corrected chi connectivity index (χ2v) is 6.10. The molecule has 0 atom stereocenters. The number of thiocarbonyl (C=S) groups is 1. The molecule has 1 heterocycles. The fourth-order valence-electron chi connectivity index (χ4n) is 2.96. The van der Waals surface area contributed by atoms with Crippen molar-refractivity contribution >= 4 is 34.0 Å². The van der Waals surface area contributed by atoms with E-state index in [1.54, 1.807) is 0 Å². The second-order valence-electron chi connectivity index (χ2n) is 5.72. The van der Waals surface area contributed by atoms with Gasteiger partial charge in [0, 0.05) is 13.1 Å². The van der Waals surface area contributed by atoms with E-state index in [0.29, 0.717) is 11.5 Å². The maximum absolute atomic E-state index is 12.3. The molecule has 3 rings (SSSR count). The van der Waals surface area contributed by atoms with Gasteiger partial charge in [-0.05, 0) is 47.8 Å². The van der Waals surface area contributed by atoms with Crippen LogP contribution in [0.1, 0.15) is 24.8 Å². The molecule has 1 aliphatic rings. The van der Waals surface area contributed by atoms with Crippen molar-refractivity contribution in [2.24, 2.45) is 0 Å². The molecule has 22 heavy (non-hydrogen) atoms. The molecule has 0 spiro atoms. The van der Waals surface area contributed by atoms with Crippen LogP contribution in [0.5, 0.6) is 0 Å². The molecule has 0 unspecified atom stereocenters. The second kappa shape index (κ2) is 6.88. The topological polar surface area (TPSA) is 32.3 Å². The van der Waals surface area contributed by atoms with Gasteiger partial charge < -0.3 is 10.2 Å². The number of amides is 1. The molecule has 0 aromatic heterocycles. The maximum atomic E-state index is 12.3. The third-order valence-electron chi connectivity index (χ3n) is 4.12. The Kier molecular flexibility index (Phi) is 4.68. The maximum Gasteiger partial charge on any atom is 0.230 e. The van der Waals surface area contributed by atoms with Gasteiger partial charge in [-0.1, -0.05) is 42.5 Å². The number of fused-ring (bicyclic) bond motifs is 1. The van der Waals surface area contributed by atoms with Gasteiger partial charge in [-0.3, -0.25) is 4.79 Å². The Hall–Kier alpha value is -1.94. The number of carbonyl (C=O) groups excluding carboxylic acids is 1. The average molecular weight is 312 g/mol. The molecule has 1 saturated heterocycles. The van der Waals surface area contributed by atoms with Gasteiger partial charge in [0.1, 0.15) is 0 Å². The molecule has 0 radical (unpaired) electrons. The van der Waals surface area contributed by atoms with E-state index < -0.39 is 0 Å². The van der Waals surface area contributed by atoms with Gasteiger partial charge in [0.2, 0.25) is 5.91 Å². The van der Waals surface area contributed by atoms with Crippen molar-refractivity contribution in [1.29, 1.82) is 0 Å². The first-order valence-electron chi connectivity index (χ1n) is 7.79. The Morgan fingerprint density at radius 1 is 1.05 bits per heavy atom. The number of hydrogen-bond donors (Lipinski definition) is 1. The van der Waals surface area contributed by atoms with E-state index in [1.807, 2.05) is 24.3 Å². The highest BCUT2D eigenvalue weighted by Crippen LogP contribution is 2.19. The highest BCUT2D eigenvalue weighted by Gasteiger charge is 2.15. The minimum atomic E-state index is -0.0353. The van der Waals surface area contributed by atoms with Gasteiger partial charge in [0.05, 0.1) is 6.42 Å². The molecule has 1 aliphatic heterocycles. The fourth-order valence-corrected chi connectivity index (χ4v) is 3.26. The van der Waals surface area contributed by atoms with Gasteiger partial charge in [0.25, 0.3) is 0 Å². The summed E-state index contributed by atoms with van der Waals surface area (Å²) in [5.74, 6) is -0.0353. The summed E-state index contributed by atoms with van der Waals surface area (Å²) in [4.78, 5) is 14.4. The van der Waals surface area contributed by atoms with Gasteiger partial charge in [0.15, 0.2) is 5.11 Å². The average Bonchev–Trinajstić information content (AvgIpc) is 2.56. The first kappa shape index (κ1) is 15.0. The number of benzene rings is 2. The summed E-state index contributed by atoms with van der Waals surface area (Å²) < 4.78 is 0. The minimum Gasteiger partial charge on any atom is -0.349 e. The molecule has 4 heteroatoms. The van der Waals surface area contributed by atoms with Crippen LogP contribution in [-0.4, -0.2) is 29.0 Å². The van der Waals surface area contributed by atoms with E-state index in [4.69, 9.17) is 12.2 Å². The Morgan fingerprint density at radius 2 is 1.77 bits per heavy atom. The van der Waals surface area contributed by atoms with Crippen LogP contribution in [0.3, 0.4) is 0 Å². The SMILES string of the molecule is O=C(Cc1cccc2ccccc12)NC(=S)N1CCCCC1. The molecular weight excluding hydrogens is 292 g/mol. The largest absolute Gasteiger partial charge is 0.349 e. The Morgan fingerprint density at radius 3 is 2.59 bits per heavy atom. The smallest absolute Gasteiger partial charge is 0.230 e. The Bertz CT molecular complexity index is 687. The van der Waals surface area contributed by atoms with Crippen molar-refractivity contribution in [1.82, 2.24) is 10.2 Å². The number of carbonyl (C=O) groups is 1. The quantitative estimate of drug-likeness (QED) is 0.864. The van der Waals surface area contributed by atoms with Crippen LogP contribution in [0.15, 0.2) is 42.5 Å². The van der Waals surface area contributed by atoms with Crippen LogP contribution < -0.4 is 5.32 Å². The molecule has 3 nitrogen and oxygen atoms in total. The lowest BCUT2D eigenvalue weighted by Crippen LogP contribution is -2.45. The Balaban J connectivity index is 1.67. The number of piperidine rings is 1. The van der Waals surface area contributed by atoms with Crippen LogP contribution in [-0.2, 0) is 11.2 Å². The number of rotatable bonds is 2. The molecule has 2 aromatic rings. The summed E-state index contributed by atoms with van der Waals surface area (Å²) in [7, 11) is 0. The summed E-state index contributed by atoms with van der Waals surface area (Å²) in [5, 5.41) is 5.74. The standard InChI is InChI=1S/C18H20N2OS/c21-17(19-18(22)20-11-4-1-5-12-20)13-15-9-6-8-14-7-2-3-10-16(14)15/h2-3,6-10H,1,4-5,11-13H2,(H,19,21,22). The first-order chi connectivity index (χ1) is 10.7. The van der Waals surface area contributed by atoms with Gasteiger partial charge in [-0.15, -0.1) is 0 Å². The summed E-state index contributed by atoms with van der Waals surface area (Å²) >= 11 is 5.36. The molecule has 2 aromatic carbocycles. The molecule has 0 bridgehead atoms. The number of likely N-dealkylation sites (tertiary alicyclic amines) is 1. The predicted octanol–water partition coefficient (Wildman–Crippen LogP) is 3.27. The van der Waals surface area contributed by atoms with Crippen molar-refractivity contribution in [2.45, 2.75) is 25.7 Å². The summed E-state index contributed by atoms with van der Waals surface area (Å²) in [6.07, 6.45) is 3.91. The van der Waals surface area contributed by atoms with Crippen LogP contribution in [0.4, 0.5) is 0 Å². The van der Waals surface area contributed by atoms with Crippen LogP contribution in [0.25, 0.3) is 10.8 Å². The summed E-state index contributed by atoms with van der Waals surface area (Å²) in [6, 6.07) is 14.2.